The van der Waals surface area contributed by atoms with Crippen LogP contribution in [0.1, 0.15) is 58.5 Å². The average molecular weight is 478 g/mol. The zero-order chi connectivity index (χ0) is 25.3. The van der Waals surface area contributed by atoms with E-state index in [1.165, 1.54) is 17.0 Å². The van der Waals surface area contributed by atoms with Crippen molar-refractivity contribution in [2.75, 3.05) is 20.1 Å². The second kappa shape index (κ2) is 10.0. The van der Waals surface area contributed by atoms with E-state index in [2.05, 4.69) is 4.98 Å². The van der Waals surface area contributed by atoms with Crippen LogP contribution in [0.25, 0.3) is 10.9 Å². The molecule has 1 N–H and O–H groups in total. The third-order valence-corrected chi connectivity index (χ3v) is 7.13. The number of nitrogens with one attached hydrogen (secondary N) is 1. The van der Waals surface area contributed by atoms with Crippen LogP contribution < -0.4 is 0 Å². The predicted molar refractivity (Wildman–Crippen MR) is 134 cm³/mol. The summed E-state index contributed by atoms with van der Waals surface area (Å²) in [5.41, 5.74) is 3.49. The summed E-state index contributed by atoms with van der Waals surface area (Å²) >= 11 is 0. The normalized spacial score (nSPS) is 14.5. The fourth-order valence-corrected chi connectivity index (χ4v) is 4.67. The maximum absolute atomic E-state index is 13.4. The van der Waals surface area contributed by atoms with E-state index in [-0.39, 0.29) is 23.3 Å². The van der Waals surface area contributed by atoms with Crippen LogP contribution in [0.4, 0.5) is 4.39 Å². The molecule has 184 valence electrons. The van der Waals surface area contributed by atoms with Crippen molar-refractivity contribution in [1.82, 2.24) is 14.8 Å². The Morgan fingerprint density at radius 2 is 1.74 bits per heavy atom. The Morgan fingerprint density at radius 1 is 1.09 bits per heavy atom. The summed E-state index contributed by atoms with van der Waals surface area (Å²) in [6, 6.07) is 10.1. The quantitative estimate of drug-likeness (QED) is 0.411. The number of carbonyl (C=O) groups excluding carboxylic acids is 3. The zero-order valence-electron chi connectivity index (χ0n) is 20.7. The Kier molecular flexibility index (Phi) is 7.05. The second-order valence-corrected chi connectivity index (χ2v) is 9.82. The molecule has 0 aliphatic carbocycles. The van der Waals surface area contributed by atoms with E-state index < -0.39 is 11.7 Å². The molecule has 2 heterocycles. The van der Waals surface area contributed by atoms with E-state index in [0.29, 0.717) is 30.0 Å². The molecule has 0 radical (unpaired) electrons. The molecule has 35 heavy (non-hydrogen) atoms. The second-order valence-electron chi connectivity index (χ2n) is 9.82. The lowest BCUT2D eigenvalue weighted by Gasteiger charge is -2.32. The van der Waals surface area contributed by atoms with E-state index in [1.807, 2.05) is 43.9 Å². The smallest absolute Gasteiger partial charge is 0.295 e. The lowest BCUT2D eigenvalue weighted by atomic mass is 9.89. The first-order valence-corrected chi connectivity index (χ1v) is 12.1. The third kappa shape index (κ3) is 5.14. The van der Waals surface area contributed by atoms with Crippen LogP contribution in [-0.4, -0.2) is 58.6 Å². The fraction of sp³-hybridized carbons (Fsp3) is 0.393. The number of aromatic amines is 1. The summed E-state index contributed by atoms with van der Waals surface area (Å²) in [4.78, 5) is 45.3. The molecular formula is C28H32FN3O3. The molecule has 4 rings (SSSR count). The Hall–Kier alpha value is -3.48. The Morgan fingerprint density at radius 3 is 2.37 bits per heavy atom. The van der Waals surface area contributed by atoms with Gasteiger partial charge in [0.25, 0.3) is 17.6 Å². The van der Waals surface area contributed by atoms with E-state index >= 15 is 0 Å². The van der Waals surface area contributed by atoms with Crippen LogP contribution >= 0.6 is 0 Å². The van der Waals surface area contributed by atoms with Crippen molar-refractivity contribution in [3.63, 3.8) is 0 Å². The van der Waals surface area contributed by atoms with E-state index in [4.69, 9.17) is 0 Å². The van der Waals surface area contributed by atoms with Gasteiger partial charge in [-0.2, -0.15) is 0 Å². The van der Waals surface area contributed by atoms with Gasteiger partial charge < -0.3 is 14.8 Å². The minimum absolute atomic E-state index is 0.0603. The summed E-state index contributed by atoms with van der Waals surface area (Å²) in [5, 5.41) is 0.584. The SMILES string of the molecule is Cc1cc2[nH]cc(C(=O)C(=O)N(C)C(C)C)c2cc1C(=O)N1CCC(Cc2ccc(F)cc2)CC1. The average Bonchev–Trinajstić information content (AvgIpc) is 3.26. The number of nitrogens with zero attached hydrogens (tertiary/aromatic N) is 2. The number of halogens is 1. The van der Waals surface area contributed by atoms with Crippen LogP contribution in [0.15, 0.2) is 42.6 Å². The van der Waals surface area contributed by atoms with Gasteiger partial charge in [0.1, 0.15) is 5.82 Å². The minimum Gasteiger partial charge on any atom is -0.360 e. The number of aromatic nitrogens is 1. The van der Waals surface area contributed by atoms with Crippen LogP contribution in [0, 0.1) is 18.7 Å². The lowest BCUT2D eigenvalue weighted by molar-refractivity contribution is -0.126. The Balaban J connectivity index is 1.49. The molecule has 0 spiro atoms. The first-order chi connectivity index (χ1) is 16.7. The summed E-state index contributed by atoms with van der Waals surface area (Å²) < 4.78 is 13.2. The number of likely N-dealkylation sites (N-methyl/N-ethyl adjacent to an activating group) is 1. The Labute approximate surface area is 205 Å². The molecule has 1 aliphatic heterocycles. The number of piperidine rings is 1. The molecular weight excluding hydrogens is 445 g/mol. The predicted octanol–water partition coefficient (Wildman–Crippen LogP) is 4.76. The number of likely N-dealkylation sites (tertiary alicyclic amines) is 1. The van der Waals surface area contributed by atoms with Gasteiger partial charge in [-0.3, -0.25) is 14.4 Å². The van der Waals surface area contributed by atoms with Gasteiger partial charge in [0.15, 0.2) is 0 Å². The number of fused-ring (bicyclic) bond motifs is 1. The Bertz CT molecular complexity index is 1250. The number of carbonyl (C=O) groups is 3. The van der Waals surface area contributed by atoms with Gasteiger partial charge in [-0.1, -0.05) is 12.1 Å². The molecule has 1 aliphatic rings. The zero-order valence-corrected chi connectivity index (χ0v) is 20.7. The number of hydrogen-bond donors (Lipinski definition) is 1. The van der Waals surface area contributed by atoms with E-state index in [9.17, 15) is 18.8 Å². The van der Waals surface area contributed by atoms with Crippen LogP contribution in [0.5, 0.6) is 0 Å². The molecule has 0 atom stereocenters. The molecule has 2 aromatic carbocycles. The molecule has 0 saturated carbocycles. The number of Topliss-reactive ketones (excluding diaryl/α,β-unsaturated/α-hetero) is 1. The number of rotatable bonds is 6. The van der Waals surface area contributed by atoms with Crippen molar-refractivity contribution in [2.24, 2.45) is 5.92 Å². The molecule has 0 unspecified atom stereocenters. The van der Waals surface area contributed by atoms with Gasteiger partial charge in [-0.25, -0.2) is 4.39 Å². The molecule has 1 fully saturated rings. The third-order valence-electron chi connectivity index (χ3n) is 7.13. The highest BCUT2D eigenvalue weighted by Crippen LogP contribution is 2.27. The topological polar surface area (TPSA) is 73.5 Å². The van der Waals surface area contributed by atoms with Crippen molar-refractivity contribution >= 4 is 28.5 Å². The molecule has 6 nitrogen and oxygen atoms in total. The van der Waals surface area contributed by atoms with Crippen LogP contribution in [0.3, 0.4) is 0 Å². The highest BCUT2D eigenvalue weighted by molar-refractivity contribution is 6.44. The lowest BCUT2D eigenvalue weighted by Crippen LogP contribution is -2.39. The van der Waals surface area contributed by atoms with Gasteiger partial charge >= 0.3 is 0 Å². The highest BCUT2D eigenvalue weighted by Gasteiger charge is 2.28. The number of amides is 2. The van der Waals surface area contributed by atoms with Crippen molar-refractivity contribution < 1.29 is 18.8 Å². The molecule has 2 amide bonds. The molecule has 1 aromatic heterocycles. The van der Waals surface area contributed by atoms with Gasteiger partial charge in [0, 0.05) is 48.8 Å². The van der Waals surface area contributed by atoms with Gasteiger partial charge in [-0.05, 0) is 81.3 Å². The maximum atomic E-state index is 13.4. The largest absolute Gasteiger partial charge is 0.360 e. The summed E-state index contributed by atoms with van der Waals surface area (Å²) in [6.07, 6.45) is 4.19. The van der Waals surface area contributed by atoms with Gasteiger partial charge in [0.05, 0.1) is 5.56 Å². The van der Waals surface area contributed by atoms with Crippen LogP contribution in [-0.2, 0) is 11.2 Å². The number of ketones is 1. The van der Waals surface area contributed by atoms with Crippen molar-refractivity contribution in [3.8, 4) is 0 Å². The fourth-order valence-electron chi connectivity index (χ4n) is 4.67. The summed E-state index contributed by atoms with van der Waals surface area (Å²) in [7, 11) is 1.61. The first kappa shape index (κ1) is 24.6. The standard InChI is InChI=1S/C28H32FN3O3/c1-17(2)31(4)28(35)26(33)24-16-30-25-13-18(3)22(15-23(24)25)27(34)32-11-9-20(10-12-32)14-19-5-7-21(29)8-6-19/h5-8,13,15-17,20,30H,9-12,14H2,1-4H3. The van der Waals surface area contributed by atoms with Crippen molar-refractivity contribution in [1.29, 1.82) is 0 Å². The molecule has 0 bridgehead atoms. The van der Waals surface area contributed by atoms with Gasteiger partial charge in [0.2, 0.25) is 0 Å². The van der Waals surface area contributed by atoms with Gasteiger partial charge in [-0.15, -0.1) is 0 Å². The molecule has 1 saturated heterocycles. The highest BCUT2D eigenvalue weighted by atomic mass is 19.1. The minimum atomic E-state index is -0.587. The first-order valence-electron chi connectivity index (χ1n) is 12.1. The summed E-state index contributed by atoms with van der Waals surface area (Å²) in [5.74, 6) is -1.00. The van der Waals surface area contributed by atoms with E-state index in [0.717, 1.165) is 35.9 Å². The summed E-state index contributed by atoms with van der Waals surface area (Å²) in [6.45, 7) is 6.89. The van der Waals surface area contributed by atoms with Crippen molar-refractivity contribution in [2.45, 2.75) is 46.1 Å². The van der Waals surface area contributed by atoms with E-state index in [1.54, 1.807) is 19.3 Å². The number of aryl methyl sites for hydroxylation is 1. The molecule has 7 heteroatoms. The number of hydrogen-bond acceptors (Lipinski definition) is 3. The van der Waals surface area contributed by atoms with Crippen LogP contribution in [0.2, 0.25) is 0 Å². The number of benzene rings is 2. The molecule has 3 aromatic rings. The number of H-pyrrole nitrogens is 1. The maximum Gasteiger partial charge on any atom is 0.295 e. The van der Waals surface area contributed by atoms with Crippen molar-refractivity contribution in [3.05, 3.63) is 70.7 Å². The monoisotopic (exact) mass is 477 g/mol.